The first-order valence-electron chi connectivity index (χ1n) is 6.48. The number of para-hydroxylation sites is 1. The fraction of sp³-hybridized carbons (Fsp3) is 0.125. The van der Waals surface area contributed by atoms with E-state index in [1.807, 2.05) is 18.2 Å². The van der Waals surface area contributed by atoms with Crippen molar-refractivity contribution in [1.29, 1.82) is 0 Å². The van der Waals surface area contributed by atoms with Crippen LogP contribution in [0.4, 0.5) is 5.69 Å². The molecule has 0 bridgehead atoms. The Bertz CT molecular complexity index is 624. The van der Waals surface area contributed by atoms with Crippen LogP contribution >= 0.6 is 0 Å². The number of carbonyl (C=O) groups excluding carboxylic acids is 2. The molecule has 0 unspecified atom stereocenters. The van der Waals surface area contributed by atoms with Gasteiger partial charge in [-0.2, -0.15) is 0 Å². The molecule has 0 saturated heterocycles. The molecule has 21 heavy (non-hydrogen) atoms. The average Bonchev–Trinajstić information content (AvgIpc) is 2.48. The molecule has 0 fully saturated rings. The molecule has 2 amide bonds. The molecule has 2 rings (SSSR count). The van der Waals surface area contributed by atoms with Crippen molar-refractivity contribution in [3.8, 4) is 5.75 Å². The Morgan fingerprint density at radius 1 is 1.05 bits per heavy atom. The smallest absolute Gasteiger partial charge is 0.265 e. The van der Waals surface area contributed by atoms with Crippen LogP contribution in [0.25, 0.3) is 0 Å². The van der Waals surface area contributed by atoms with E-state index < -0.39 is 12.0 Å². The van der Waals surface area contributed by atoms with Gasteiger partial charge in [0.25, 0.3) is 5.91 Å². The monoisotopic (exact) mass is 284 g/mol. The number of rotatable bonds is 5. The lowest BCUT2D eigenvalue weighted by atomic mass is 10.2. The SMILES string of the molecule is C[C@H](Oc1ccccc1)C(=O)Nc1ccc(C(N)=O)cc1. The van der Waals surface area contributed by atoms with E-state index in [4.69, 9.17) is 10.5 Å². The van der Waals surface area contributed by atoms with E-state index in [2.05, 4.69) is 5.32 Å². The van der Waals surface area contributed by atoms with E-state index in [9.17, 15) is 9.59 Å². The maximum absolute atomic E-state index is 12.0. The van der Waals surface area contributed by atoms with Crippen LogP contribution in [-0.4, -0.2) is 17.9 Å². The maximum atomic E-state index is 12.0. The number of anilines is 1. The molecule has 0 radical (unpaired) electrons. The van der Waals surface area contributed by atoms with Gasteiger partial charge in [-0.25, -0.2) is 0 Å². The number of nitrogens with two attached hydrogens (primary N) is 1. The zero-order valence-electron chi connectivity index (χ0n) is 11.6. The van der Waals surface area contributed by atoms with Crippen molar-refractivity contribution in [3.63, 3.8) is 0 Å². The van der Waals surface area contributed by atoms with Gasteiger partial charge in [0.2, 0.25) is 5.91 Å². The number of hydrogen-bond donors (Lipinski definition) is 2. The molecule has 0 heterocycles. The van der Waals surface area contributed by atoms with Crippen molar-refractivity contribution >= 4 is 17.5 Å². The fourth-order valence-electron chi connectivity index (χ4n) is 1.72. The third kappa shape index (κ3) is 4.07. The Kier molecular flexibility index (Phi) is 4.56. The quantitative estimate of drug-likeness (QED) is 0.883. The van der Waals surface area contributed by atoms with Gasteiger partial charge in [0.05, 0.1) is 0 Å². The van der Waals surface area contributed by atoms with Gasteiger partial charge in [-0.1, -0.05) is 18.2 Å². The van der Waals surface area contributed by atoms with Crippen LogP contribution in [0, 0.1) is 0 Å². The molecule has 0 aliphatic heterocycles. The minimum Gasteiger partial charge on any atom is -0.481 e. The molecule has 0 aliphatic carbocycles. The molecule has 0 saturated carbocycles. The lowest BCUT2D eigenvalue weighted by Gasteiger charge is -2.14. The van der Waals surface area contributed by atoms with E-state index in [-0.39, 0.29) is 5.91 Å². The normalized spacial score (nSPS) is 11.5. The molecule has 5 nitrogen and oxygen atoms in total. The number of benzene rings is 2. The first-order chi connectivity index (χ1) is 10.1. The van der Waals surface area contributed by atoms with Gasteiger partial charge >= 0.3 is 0 Å². The van der Waals surface area contributed by atoms with Gasteiger partial charge in [-0.15, -0.1) is 0 Å². The van der Waals surface area contributed by atoms with Gasteiger partial charge in [-0.05, 0) is 43.3 Å². The number of hydrogen-bond acceptors (Lipinski definition) is 3. The van der Waals surface area contributed by atoms with Crippen LogP contribution in [0.1, 0.15) is 17.3 Å². The van der Waals surface area contributed by atoms with Crippen molar-refractivity contribution < 1.29 is 14.3 Å². The standard InChI is InChI=1S/C16H16N2O3/c1-11(21-14-5-3-2-4-6-14)16(20)18-13-9-7-12(8-10-13)15(17)19/h2-11H,1H3,(H2,17,19)(H,18,20)/t11-/m0/s1. The van der Waals surface area contributed by atoms with Crippen LogP contribution in [0.15, 0.2) is 54.6 Å². The second kappa shape index (κ2) is 6.56. The molecule has 0 aromatic heterocycles. The van der Waals surface area contributed by atoms with Crippen LogP contribution in [0.3, 0.4) is 0 Å². The summed E-state index contributed by atoms with van der Waals surface area (Å²) in [5.41, 5.74) is 6.12. The topological polar surface area (TPSA) is 81.4 Å². The van der Waals surface area contributed by atoms with Crippen LogP contribution in [0.5, 0.6) is 5.75 Å². The molecule has 0 spiro atoms. The van der Waals surface area contributed by atoms with Crippen molar-refractivity contribution in [1.82, 2.24) is 0 Å². The highest BCUT2D eigenvalue weighted by Crippen LogP contribution is 2.13. The summed E-state index contributed by atoms with van der Waals surface area (Å²) < 4.78 is 5.52. The number of amides is 2. The Labute approximate surface area is 122 Å². The lowest BCUT2D eigenvalue weighted by molar-refractivity contribution is -0.122. The summed E-state index contributed by atoms with van der Waals surface area (Å²) in [6.07, 6.45) is -0.636. The van der Waals surface area contributed by atoms with Gasteiger partial charge in [0.1, 0.15) is 5.75 Å². The largest absolute Gasteiger partial charge is 0.481 e. The van der Waals surface area contributed by atoms with Gasteiger partial charge in [-0.3, -0.25) is 9.59 Å². The van der Waals surface area contributed by atoms with Gasteiger partial charge in [0, 0.05) is 11.3 Å². The highest BCUT2D eigenvalue weighted by molar-refractivity contribution is 5.96. The number of ether oxygens (including phenoxy) is 1. The molecule has 5 heteroatoms. The molecule has 0 aliphatic rings. The summed E-state index contributed by atoms with van der Waals surface area (Å²) in [7, 11) is 0. The van der Waals surface area contributed by atoms with E-state index in [0.29, 0.717) is 17.0 Å². The lowest BCUT2D eigenvalue weighted by Crippen LogP contribution is -2.30. The fourth-order valence-corrected chi connectivity index (χ4v) is 1.72. The van der Waals surface area contributed by atoms with Crippen molar-refractivity contribution in [2.75, 3.05) is 5.32 Å². The molecule has 3 N–H and O–H groups in total. The van der Waals surface area contributed by atoms with Crippen LogP contribution < -0.4 is 15.8 Å². The molecule has 2 aromatic carbocycles. The van der Waals surface area contributed by atoms with Gasteiger partial charge < -0.3 is 15.8 Å². The number of nitrogens with one attached hydrogen (secondary N) is 1. The zero-order valence-corrected chi connectivity index (χ0v) is 11.6. The van der Waals surface area contributed by atoms with E-state index in [0.717, 1.165) is 0 Å². The number of carbonyl (C=O) groups is 2. The third-order valence-corrected chi connectivity index (χ3v) is 2.86. The highest BCUT2D eigenvalue weighted by Gasteiger charge is 2.14. The maximum Gasteiger partial charge on any atom is 0.265 e. The third-order valence-electron chi connectivity index (χ3n) is 2.86. The first kappa shape index (κ1) is 14.6. The predicted octanol–water partition coefficient (Wildman–Crippen LogP) is 2.19. The van der Waals surface area contributed by atoms with E-state index in [1.165, 1.54) is 0 Å². The Morgan fingerprint density at radius 2 is 1.67 bits per heavy atom. The number of primary amides is 1. The summed E-state index contributed by atoms with van der Waals surface area (Å²) in [5, 5.41) is 2.71. The summed E-state index contributed by atoms with van der Waals surface area (Å²) in [4.78, 5) is 23.0. The summed E-state index contributed by atoms with van der Waals surface area (Å²) >= 11 is 0. The second-order valence-electron chi connectivity index (χ2n) is 4.50. The van der Waals surface area contributed by atoms with Crippen molar-refractivity contribution in [2.24, 2.45) is 5.73 Å². The molecule has 2 aromatic rings. The van der Waals surface area contributed by atoms with Crippen molar-refractivity contribution in [2.45, 2.75) is 13.0 Å². The summed E-state index contributed by atoms with van der Waals surface area (Å²) in [6, 6.07) is 15.5. The second-order valence-corrected chi connectivity index (χ2v) is 4.50. The molecular formula is C16H16N2O3. The Morgan fingerprint density at radius 3 is 2.24 bits per heavy atom. The predicted molar refractivity (Wildman–Crippen MR) is 80.1 cm³/mol. The van der Waals surface area contributed by atoms with E-state index in [1.54, 1.807) is 43.3 Å². The Hall–Kier alpha value is -2.82. The van der Waals surface area contributed by atoms with E-state index >= 15 is 0 Å². The molecular weight excluding hydrogens is 268 g/mol. The molecule has 1 atom stereocenters. The Balaban J connectivity index is 1.95. The van der Waals surface area contributed by atoms with Crippen LogP contribution in [-0.2, 0) is 4.79 Å². The average molecular weight is 284 g/mol. The highest BCUT2D eigenvalue weighted by atomic mass is 16.5. The minimum absolute atomic E-state index is 0.273. The van der Waals surface area contributed by atoms with Crippen LogP contribution in [0.2, 0.25) is 0 Å². The summed E-state index contributed by atoms with van der Waals surface area (Å²) in [6.45, 7) is 1.67. The minimum atomic E-state index is -0.636. The molecule has 108 valence electrons. The zero-order chi connectivity index (χ0) is 15.2. The van der Waals surface area contributed by atoms with Crippen molar-refractivity contribution in [3.05, 3.63) is 60.2 Å². The first-order valence-corrected chi connectivity index (χ1v) is 6.48. The summed E-state index contributed by atoms with van der Waals surface area (Å²) in [5.74, 6) is -0.149. The van der Waals surface area contributed by atoms with Gasteiger partial charge in [0.15, 0.2) is 6.10 Å².